The Labute approximate surface area is 142 Å². The van der Waals surface area contributed by atoms with Crippen molar-refractivity contribution in [2.45, 2.75) is 20.1 Å². The molecule has 6 heteroatoms. The van der Waals surface area contributed by atoms with Gasteiger partial charge in [-0.3, -0.25) is 0 Å². The molecule has 2 aromatic carbocycles. The molecule has 0 spiro atoms. The molecule has 0 unspecified atom stereocenters. The maximum absolute atomic E-state index is 11.3. The van der Waals surface area contributed by atoms with E-state index in [1.165, 1.54) is 7.11 Å². The average Bonchev–Trinajstić information content (AvgIpc) is 2.54. The zero-order chi connectivity index (χ0) is 16.8. The van der Waals surface area contributed by atoms with Crippen molar-refractivity contribution in [1.82, 2.24) is 0 Å². The molecule has 23 heavy (non-hydrogen) atoms. The second-order valence-corrected chi connectivity index (χ2v) is 5.69. The number of aryl methyl sites for hydroxylation is 1. The van der Waals surface area contributed by atoms with Crippen LogP contribution in [0.2, 0.25) is 0 Å². The highest BCUT2D eigenvalue weighted by Gasteiger charge is 2.14. The number of benzene rings is 2. The van der Waals surface area contributed by atoms with Crippen molar-refractivity contribution < 1.29 is 24.1 Å². The van der Waals surface area contributed by atoms with Gasteiger partial charge in [-0.2, -0.15) is 0 Å². The van der Waals surface area contributed by atoms with Crippen LogP contribution in [-0.2, 0) is 18.0 Å². The van der Waals surface area contributed by atoms with Crippen LogP contribution in [0.25, 0.3) is 0 Å². The topological polar surface area (TPSA) is 65.0 Å². The van der Waals surface area contributed by atoms with Gasteiger partial charge in [-0.15, -0.1) is 0 Å². The molecule has 0 aliphatic carbocycles. The molecule has 0 aliphatic heterocycles. The number of methoxy groups -OCH3 is 1. The zero-order valence-electron chi connectivity index (χ0n) is 12.8. The monoisotopic (exact) mass is 380 g/mol. The number of rotatable bonds is 5. The van der Waals surface area contributed by atoms with Crippen LogP contribution in [0, 0.1) is 6.92 Å². The number of hydrogen-bond donors (Lipinski definition) is 1. The molecule has 0 amide bonds. The minimum absolute atomic E-state index is 0.144. The van der Waals surface area contributed by atoms with E-state index >= 15 is 0 Å². The molecule has 122 valence electrons. The lowest BCUT2D eigenvalue weighted by atomic mass is 10.1. The molecule has 0 aromatic heterocycles. The third kappa shape index (κ3) is 4.46. The summed E-state index contributed by atoms with van der Waals surface area (Å²) in [4.78, 5) is 11.3. The van der Waals surface area contributed by atoms with E-state index in [9.17, 15) is 9.90 Å². The first kappa shape index (κ1) is 17.3. The van der Waals surface area contributed by atoms with E-state index in [2.05, 4.69) is 20.7 Å². The number of ether oxygens (including phenoxy) is 3. The molecular weight excluding hydrogens is 364 g/mol. The summed E-state index contributed by atoms with van der Waals surface area (Å²) >= 11 is 3.45. The van der Waals surface area contributed by atoms with Crippen molar-refractivity contribution in [2.24, 2.45) is 0 Å². The maximum Gasteiger partial charge on any atom is 0.513 e. The van der Waals surface area contributed by atoms with Crippen molar-refractivity contribution in [3.8, 4) is 11.5 Å². The van der Waals surface area contributed by atoms with Gasteiger partial charge in [0.25, 0.3) is 0 Å². The molecular formula is C17H17BrO5. The van der Waals surface area contributed by atoms with Gasteiger partial charge in [-0.1, -0.05) is 18.2 Å². The Morgan fingerprint density at radius 3 is 2.65 bits per heavy atom. The number of aliphatic hydroxyl groups excluding tert-OH is 1. The minimum atomic E-state index is -0.821. The first-order valence-corrected chi connectivity index (χ1v) is 7.70. The third-order valence-electron chi connectivity index (χ3n) is 3.22. The summed E-state index contributed by atoms with van der Waals surface area (Å²) in [7, 11) is 1.23. The van der Waals surface area contributed by atoms with Gasteiger partial charge < -0.3 is 19.3 Å². The molecule has 2 aromatic rings. The van der Waals surface area contributed by atoms with Crippen molar-refractivity contribution >= 4 is 22.1 Å². The van der Waals surface area contributed by atoms with Crippen molar-refractivity contribution in [1.29, 1.82) is 0 Å². The molecule has 0 atom stereocenters. The Morgan fingerprint density at radius 1 is 1.22 bits per heavy atom. The van der Waals surface area contributed by atoms with Gasteiger partial charge in [0.2, 0.25) is 0 Å². The Hall–Kier alpha value is -2.05. The van der Waals surface area contributed by atoms with E-state index in [-0.39, 0.29) is 13.2 Å². The second-order valence-electron chi connectivity index (χ2n) is 4.83. The second kappa shape index (κ2) is 7.99. The van der Waals surface area contributed by atoms with Crippen LogP contribution in [0.5, 0.6) is 11.5 Å². The minimum Gasteiger partial charge on any atom is -0.488 e. The smallest absolute Gasteiger partial charge is 0.488 e. The zero-order valence-corrected chi connectivity index (χ0v) is 14.4. The van der Waals surface area contributed by atoms with E-state index in [1.54, 1.807) is 18.2 Å². The third-order valence-corrected chi connectivity index (χ3v) is 3.84. The maximum atomic E-state index is 11.3. The fourth-order valence-electron chi connectivity index (χ4n) is 2.02. The average molecular weight is 381 g/mol. The molecule has 0 heterocycles. The van der Waals surface area contributed by atoms with Gasteiger partial charge in [-0.25, -0.2) is 4.79 Å². The summed E-state index contributed by atoms with van der Waals surface area (Å²) in [6.45, 7) is 1.94. The number of carbonyl (C=O) groups excluding carboxylic acids is 1. The van der Waals surface area contributed by atoms with Gasteiger partial charge in [-0.05, 0) is 52.2 Å². The van der Waals surface area contributed by atoms with Crippen molar-refractivity contribution in [2.75, 3.05) is 7.11 Å². The lowest BCUT2D eigenvalue weighted by Gasteiger charge is -2.15. The molecule has 0 saturated carbocycles. The van der Waals surface area contributed by atoms with Crippen LogP contribution in [0.4, 0.5) is 4.79 Å². The fraction of sp³-hybridized carbons (Fsp3) is 0.235. The summed E-state index contributed by atoms with van der Waals surface area (Å²) in [6, 6.07) is 10.8. The summed E-state index contributed by atoms with van der Waals surface area (Å²) in [6.07, 6.45) is -0.821. The summed E-state index contributed by atoms with van der Waals surface area (Å²) in [5.41, 5.74) is 2.32. The van der Waals surface area contributed by atoms with Crippen LogP contribution in [-0.4, -0.2) is 18.4 Å². The van der Waals surface area contributed by atoms with Crippen molar-refractivity contribution in [3.63, 3.8) is 0 Å². The van der Waals surface area contributed by atoms with Crippen molar-refractivity contribution in [3.05, 3.63) is 57.6 Å². The molecule has 0 aliphatic rings. The van der Waals surface area contributed by atoms with E-state index in [0.717, 1.165) is 10.0 Å². The predicted molar refractivity (Wildman–Crippen MR) is 88.6 cm³/mol. The lowest BCUT2D eigenvalue weighted by molar-refractivity contribution is 0.120. The number of halogens is 1. The predicted octanol–water partition coefficient (Wildman–Crippen LogP) is 3.97. The molecule has 5 nitrogen and oxygen atoms in total. The quantitative estimate of drug-likeness (QED) is 0.627. The summed E-state index contributed by atoms with van der Waals surface area (Å²) < 4.78 is 16.2. The molecule has 0 saturated heterocycles. The van der Waals surface area contributed by atoms with E-state index in [0.29, 0.717) is 22.6 Å². The van der Waals surface area contributed by atoms with Crippen LogP contribution in [0.15, 0.2) is 40.9 Å². The fourth-order valence-corrected chi connectivity index (χ4v) is 2.63. The van der Waals surface area contributed by atoms with Gasteiger partial charge in [0.05, 0.1) is 18.2 Å². The number of carbonyl (C=O) groups is 1. The van der Waals surface area contributed by atoms with Gasteiger partial charge >= 0.3 is 6.16 Å². The van der Waals surface area contributed by atoms with E-state index in [4.69, 9.17) is 9.47 Å². The SMILES string of the molecule is COC(=O)Oc1cccc(CO)c1COc1ccc(C)cc1Br. The Bertz CT molecular complexity index is 699. The Kier molecular flexibility index (Phi) is 6.01. The molecule has 0 fully saturated rings. The molecule has 0 bridgehead atoms. The normalized spacial score (nSPS) is 10.3. The standard InChI is InChI=1S/C17H17BrO5/c1-11-6-7-16(14(18)8-11)22-10-13-12(9-19)4-3-5-15(13)23-17(20)21-2/h3-8,19H,9-10H2,1-2H3. The van der Waals surface area contributed by atoms with Gasteiger partial charge in [0.15, 0.2) is 0 Å². The van der Waals surface area contributed by atoms with Crippen LogP contribution < -0.4 is 9.47 Å². The first-order valence-electron chi connectivity index (χ1n) is 6.91. The number of aliphatic hydroxyl groups is 1. The molecule has 0 radical (unpaired) electrons. The highest BCUT2D eigenvalue weighted by atomic mass is 79.9. The van der Waals surface area contributed by atoms with Gasteiger partial charge in [0, 0.05) is 5.56 Å². The van der Waals surface area contributed by atoms with Gasteiger partial charge in [0.1, 0.15) is 18.1 Å². The Balaban J connectivity index is 2.24. The van der Waals surface area contributed by atoms with E-state index < -0.39 is 6.16 Å². The highest BCUT2D eigenvalue weighted by molar-refractivity contribution is 9.10. The molecule has 2 rings (SSSR count). The Morgan fingerprint density at radius 2 is 2.00 bits per heavy atom. The van der Waals surface area contributed by atoms with Crippen LogP contribution >= 0.6 is 15.9 Å². The summed E-state index contributed by atoms with van der Waals surface area (Å²) in [5, 5.41) is 9.49. The molecule has 1 N–H and O–H groups in total. The first-order chi connectivity index (χ1) is 11.0. The van der Waals surface area contributed by atoms with Crippen LogP contribution in [0.1, 0.15) is 16.7 Å². The van der Waals surface area contributed by atoms with Crippen LogP contribution in [0.3, 0.4) is 0 Å². The lowest BCUT2D eigenvalue weighted by Crippen LogP contribution is -2.11. The van der Waals surface area contributed by atoms with E-state index in [1.807, 2.05) is 25.1 Å². The highest BCUT2D eigenvalue weighted by Crippen LogP contribution is 2.29. The largest absolute Gasteiger partial charge is 0.513 e. The summed E-state index contributed by atoms with van der Waals surface area (Å²) in [5.74, 6) is 0.957. The number of hydrogen-bond acceptors (Lipinski definition) is 5.